The maximum absolute atomic E-state index is 12.8. The standard InChI is InChI=1S/C23H33N3O3S/c1-5-26(6-2)30(28,29)21-14-13-19(3)22(17-21)23(27)24-15-10-16-25(4)18-20-11-8-7-9-12-20/h7-9,11-14,17H,5-6,10,15-16,18H2,1-4H3,(H,24,27). The molecule has 7 heteroatoms. The normalized spacial score (nSPS) is 11.8. The molecule has 0 radical (unpaired) electrons. The maximum Gasteiger partial charge on any atom is 0.251 e. The average molecular weight is 432 g/mol. The Labute approximate surface area is 180 Å². The molecule has 0 saturated heterocycles. The van der Waals surface area contributed by atoms with Crippen molar-refractivity contribution >= 4 is 15.9 Å². The Kier molecular flexibility index (Phi) is 9.02. The number of carbonyl (C=O) groups is 1. The van der Waals surface area contributed by atoms with E-state index in [2.05, 4.69) is 29.4 Å². The van der Waals surface area contributed by atoms with Crippen LogP contribution in [0.4, 0.5) is 0 Å². The summed E-state index contributed by atoms with van der Waals surface area (Å²) in [7, 11) is -1.54. The van der Waals surface area contributed by atoms with Crippen LogP contribution in [0.25, 0.3) is 0 Å². The van der Waals surface area contributed by atoms with Gasteiger partial charge < -0.3 is 10.2 Å². The number of benzene rings is 2. The monoisotopic (exact) mass is 431 g/mol. The van der Waals surface area contributed by atoms with Gasteiger partial charge in [-0.05, 0) is 50.2 Å². The van der Waals surface area contributed by atoms with E-state index in [4.69, 9.17) is 0 Å². The Balaban J connectivity index is 1.93. The van der Waals surface area contributed by atoms with Crippen molar-refractivity contribution in [2.75, 3.05) is 33.2 Å². The van der Waals surface area contributed by atoms with Gasteiger partial charge in [0.05, 0.1) is 4.90 Å². The number of carbonyl (C=O) groups excluding carboxylic acids is 1. The molecule has 0 spiro atoms. The minimum absolute atomic E-state index is 0.157. The topological polar surface area (TPSA) is 69.7 Å². The first-order chi connectivity index (χ1) is 14.3. The Morgan fingerprint density at radius 1 is 1.03 bits per heavy atom. The lowest BCUT2D eigenvalue weighted by molar-refractivity contribution is 0.0951. The summed E-state index contributed by atoms with van der Waals surface area (Å²) in [5.41, 5.74) is 2.42. The number of aryl methyl sites for hydroxylation is 1. The lowest BCUT2D eigenvalue weighted by Gasteiger charge is -2.19. The van der Waals surface area contributed by atoms with Gasteiger partial charge in [0.1, 0.15) is 0 Å². The molecule has 0 bridgehead atoms. The van der Waals surface area contributed by atoms with Gasteiger partial charge in [0.2, 0.25) is 10.0 Å². The molecule has 0 atom stereocenters. The van der Waals surface area contributed by atoms with Gasteiger partial charge in [-0.2, -0.15) is 4.31 Å². The molecule has 0 fully saturated rings. The van der Waals surface area contributed by atoms with Crippen molar-refractivity contribution in [1.82, 2.24) is 14.5 Å². The molecule has 0 heterocycles. The summed E-state index contributed by atoms with van der Waals surface area (Å²) < 4.78 is 26.9. The van der Waals surface area contributed by atoms with Gasteiger partial charge in [-0.15, -0.1) is 0 Å². The smallest absolute Gasteiger partial charge is 0.251 e. The zero-order chi connectivity index (χ0) is 22.1. The van der Waals surface area contributed by atoms with Crippen molar-refractivity contribution in [3.05, 3.63) is 65.2 Å². The molecule has 2 aromatic rings. The highest BCUT2D eigenvalue weighted by molar-refractivity contribution is 7.89. The van der Waals surface area contributed by atoms with Gasteiger partial charge >= 0.3 is 0 Å². The lowest BCUT2D eigenvalue weighted by atomic mass is 10.1. The second-order valence-corrected chi connectivity index (χ2v) is 9.34. The number of hydrogen-bond acceptors (Lipinski definition) is 4. The molecule has 0 aliphatic carbocycles. The predicted molar refractivity (Wildman–Crippen MR) is 121 cm³/mol. The van der Waals surface area contributed by atoms with Gasteiger partial charge in [-0.1, -0.05) is 50.2 Å². The van der Waals surface area contributed by atoms with Crippen LogP contribution in [0.2, 0.25) is 0 Å². The van der Waals surface area contributed by atoms with E-state index in [1.54, 1.807) is 26.0 Å². The first-order valence-electron chi connectivity index (χ1n) is 10.4. The van der Waals surface area contributed by atoms with Crippen molar-refractivity contribution in [3.8, 4) is 0 Å². The van der Waals surface area contributed by atoms with Crippen LogP contribution in [-0.2, 0) is 16.6 Å². The molecular formula is C23H33N3O3S. The number of nitrogens with zero attached hydrogens (tertiary/aromatic N) is 2. The molecule has 0 aromatic heterocycles. The van der Waals surface area contributed by atoms with Crippen LogP contribution in [-0.4, -0.2) is 56.8 Å². The van der Waals surface area contributed by atoms with E-state index < -0.39 is 10.0 Å². The zero-order valence-electron chi connectivity index (χ0n) is 18.4. The van der Waals surface area contributed by atoms with E-state index in [-0.39, 0.29) is 10.8 Å². The Morgan fingerprint density at radius 2 is 1.70 bits per heavy atom. The van der Waals surface area contributed by atoms with E-state index in [1.807, 2.05) is 25.1 Å². The molecule has 6 nitrogen and oxygen atoms in total. The first-order valence-corrected chi connectivity index (χ1v) is 11.8. The molecule has 0 unspecified atom stereocenters. The van der Waals surface area contributed by atoms with Gasteiger partial charge in [0.25, 0.3) is 5.91 Å². The number of amides is 1. The second-order valence-electron chi connectivity index (χ2n) is 7.40. The minimum atomic E-state index is -3.59. The summed E-state index contributed by atoms with van der Waals surface area (Å²) in [4.78, 5) is 15.0. The van der Waals surface area contributed by atoms with Gasteiger partial charge in [0.15, 0.2) is 0 Å². The van der Waals surface area contributed by atoms with E-state index in [1.165, 1.54) is 15.9 Å². The average Bonchev–Trinajstić information content (AvgIpc) is 2.72. The fraction of sp³-hybridized carbons (Fsp3) is 0.435. The molecule has 1 amide bonds. The molecule has 2 rings (SSSR count). The van der Waals surface area contributed by atoms with Gasteiger partial charge in [-0.3, -0.25) is 4.79 Å². The van der Waals surface area contributed by atoms with E-state index in [0.717, 1.165) is 25.1 Å². The van der Waals surface area contributed by atoms with Crippen molar-refractivity contribution in [2.24, 2.45) is 0 Å². The van der Waals surface area contributed by atoms with Gasteiger partial charge in [-0.25, -0.2) is 8.42 Å². The van der Waals surface area contributed by atoms with Crippen LogP contribution in [0.3, 0.4) is 0 Å². The Morgan fingerprint density at radius 3 is 2.33 bits per heavy atom. The largest absolute Gasteiger partial charge is 0.352 e. The summed E-state index contributed by atoms with van der Waals surface area (Å²) in [6.45, 7) is 8.45. The van der Waals surface area contributed by atoms with Gasteiger partial charge in [0, 0.05) is 31.7 Å². The molecule has 0 aliphatic rings. The summed E-state index contributed by atoms with van der Waals surface area (Å²) in [6, 6.07) is 15.0. The summed E-state index contributed by atoms with van der Waals surface area (Å²) in [5, 5.41) is 2.92. The SMILES string of the molecule is CCN(CC)S(=O)(=O)c1ccc(C)c(C(=O)NCCCN(C)Cc2ccccc2)c1. The highest BCUT2D eigenvalue weighted by Gasteiger charge is 2.23. The number of rotatable bonds is 11. The third kappa shape index (κ3) is 6.39. The molecular weight excluding hydrogens is 398 g/mol. The second kappa shape index (κ2) is 11.2. The first kappa shape index (κ1) is 24.1. The lowest BCUT2D eigenvalue weighted by Crippen LogP contribution is -2.31. The van der Waals surface area contributed by atoms with Crippen molar-refractivity contribution in [2.45, 2.75) is 38.6 Å². The minimum Gasteiger partial charge on any atom is -0.352 e. The molecule has 164 valence electrons. The fourth-order valence-corrected chi connectivity index (χ4v) is 4.82. The summed E-state index contributed by atoms with van der Waals surface area (Å²) >= 11 is 0. The number of sulfonamides is 1. The summed E-state index contributed by atoms with van der Waals surface area (Å²) in [5.74, 6) is -0.241. The number of nitrogens with one attached hydrogen (secondary N) is 1. The molecule has 0 aliphatic heterocycles. The fourth-order valence-electron chi connectivity index (χ4n) is 3.34. The van der Waals surface area contributed by atoms with Crippen LogP contribution in [0.5, 0.6) is 0 Å². The van der Waals surface area contributed by atoms with Crippen LogP contribution < -0.4 is 5.32 Å². The highest BCUT2D eigenvalue weighted by Crippen LogP contribution is 2.19. The molecule has 30 heavy (non-hydrogen) atoms. The highest BCUT2D eigenvalue weighted by atomic mass is 32.2. The van der Waals surface area contributed by atoms with Crippen LogP contribution in [0.15, 0.2) is 53.4 Å². The Bertz CT molecular complexity index is 926. The number of hydrogen-bond donors (Lipinski definition) is 1. The quantitative estimate of drug-likeness (QED) is 0.555. The van der Waals surface area contributed by atoms with Crippen molar-refractivity contribution in [1.29, 1.82) is 0 Å². The predicted octanol–water partition coefficient (Wildman–Crippen LogP) is 3.28. The van der Waals surface area contributed by atoms with E-state index in [9.17, 15) is 13.2 Å². The van der Waals surface area contributed by atoms with Crippen LogP contribution in [0.1, 0.15) is 41.8 Å². The van der Waals surface area contributed by atoms with E-state index in [0.29, 0.717) is 25.2 Å². The molecule has 2 aromatic carbocycles. The van der Waals surface area contributed by atoms with Crippen molar-refractivity contribution < 1.29 is 13.2 Å². The third-order valence-electron chi connectivity index (χ3n) is 5.09. The molecule has 1 N–H and O–H groups in total. The van der Waals surface area contributed by atoms with Crippen LogP contribution in [0, 0.1) is 6.92 Å². The third-order valence-corrected chi connectivity index (χ3v) is 7.14. The van der Waals surface area contributed by atoms with E-state index >= 15 is 0 Å². The van der Waals surface area contributed by atoms with Crippen LogP contribution >= 0.6 is 0 Å². The molecule has 0 saturated carbocycles. The zero-order valence-corrected chi connectivity index (χ0v) is 19.2. The Hall–Kier alpha value is -2.22. The summed E-state index contributed by atoms with van der Waals surface area (Å²) in [6.07, 6.45) is 0.811. The maximum atomic E-state index is 12.8. The van der Waals surface area contributed by atoms with Crippen molar-refractivity contribution in [3.63, 3.8) is 0 Å².